The van der Waals surface area contributed by atoms with E-state index in [1.54, 1.807) is 13.3 Å². The lowest BCUT2D eigenvalue weighted by atomic mass is 9.51. The van der Waals surface area contributed by atoms with Gasteiger partial charge in [-0.2, -0.15) is 4.98 Å². The monoisotopic (exact) mass is 556 g/mol. The maximum absolute atomic E-state index is 14.2. The molecule has 0 radical (unpaired) electrons. The van der Waals surface area contributed by atoms with E-state index >= 15 is 0 Å². The average molecular weight is 557 g/mol. The number of carbonyl (C=O) groups excluding carboxylic acids is 1. The molecule has 4 aliphatic rings. The molecule has 4 aliphatic carbocycles. The zero-order chi connectivity index (χ0) is 28.6. The third-order valence-electron chi connectivity index (χ3n) is 10.3. The van der Waals surface area contributed by atoms with Gasteiger partial charge >= 0.3 is 0 Å². The molecule has 7 heteroatoms. The zero-order valence-corrected chi connectivity index (χ0v) is 25.1. The number of methoxy groups -OCH3 is 1. The van der Waals surface area contributed by atoms with Crippen LogP contribution in [0.3, 0.4) is 0 Å². The molecule has 0 unspecified atom stereocenters. The van der Waals surface area contributed by atoms with E-state index in [0.29, 0.717) is 17.5 Å². The quantitative estimate of drug-likeness (QED) is 0.282. The number of amides is 1. The van der Waals surface area contributed by atoms with Crippen LogP contribution in [0, 0.1) is 18.3 Å². The Morgan fingerprint density at radius 3 is 2.41 bits per heavy atom. The molecule has 0 aliphatic heterocycles. The molecule has 2 heterocycles. The van der Waals surface area contributed by atoms with Crippen molar-refractivity contribution in [2.45, 2.75) is 103 Å². The molecule has 2 aromatic heterocycles. The van der Waals surface area contributed by atoms with Crippen molar-refractivity contribution in [2.75, 3.05) is 18.6 Å². The number of rotatable bonds is 8. The highest BCUT2D eigenvalue weighted by Gasteiger charge is 2.50. The molecule has 7 nitrogen and oxygen atoms in total. The smallest absolute Gasteiger partial charge is 0.258 e. The number of benzene rings is 1. The molecular formula is C34H44N4O3. The van der Waals surface area contributed by atoms with Crippen molar-refractivity contribution >= 4 is 11.7 Å². The largest absolute Gasteiger partial charge is 0.496 e. The van der Waals surface area contributed by atoms with Crippen molar-refractivity contribution in [3.8, 4) is 17.2 Å². The van der Waals surface area contributed by atoms with Gasteiger partial charge in [0.2, 0.25) is 5.91 Å². The Balaban J connectivity index is 1.27. The lowest BCUT2D eigenvalue weighted by Gasteiger charge is -2.55. The van der Waals surface area contributed by atoms with E-state index in [0.717, 1.165) is 82.1 Å². The highest BCUT2D eigenvalue weighted by Crippen LogP contribution is 2.58. The van der Waals surface area contributed by atoms with E-state index in [-0.39, 0.29) is 28.6 Å². The van der Waals surface area contributed by atoms with Crippen molar-refractivity contribution in [1.82, 2.24) is 15.1 Å². The van der Waals surface area contributed by atoms with Crippen LogP contribution in [-0.2, 0) is 10.2 Å². The van der Waals surface area contributed by atoms with Crippen LogP contribution in [0.2, 0.25) is 0 Å². The molecule has 0 N–H and O–H groups in total. The molecule has 2 bridgehead atoms. The van der Waals surface area contributed by atoms with Crippen LogP contribution in [0.1, 0.15) is 107 Å². The van der Waals surface area contributed by atoms with Crippen LogP contribution in [0.15, 0.2) is 41.1 Å². The topological polar surface area (TPSA) is 81.4 Å². The lowest BCUT2D eigenvalue weighted by molar-refractivity contribution is -0.124. The maximum atomic E-state index is 14.2. The van der Waals surface area contributed by atoms with E-state index in [1.165, 1.54) is 17.5 Å². The Labute approximate surface area is 244 Å². The van der Waals surface area contributed by atoms with E-state index in [4.69, 9.17) is 14.2 Å². The van der Waals surface area contributed by atoms with Crippen LogP contribution in [0.4, 0.5) is 5.82 Å². The van der Waals surface area contributed by atoms with Crippen molar-refractivity contribution in [2.24, 2.45) is 11.3 Å². The van der Waals surface area contributed by atoms with Crippen LogP contribution < -0.4 is 9.64 Å². The Hall–Kier alpha value is -3.22. The molecule has 41 heavy (non-hydrogen) atoms. The van der Waals surface area contributed by atoms with Gasteiger partial charge in [-0.1, -0.05) is 50.4 Å². The predicted octanol–water partition coefficient (Wildman–Crippen LogP) is 7.78. The molecule has 0 spiro atoms. The van der Waals surface area contributed by atoms with Gasteiger partial charge < -0.3 is 9.26 Å². The summed E-state index contributed by atoms with van der Waals surface area (Å²) in [6.45, 7) is 6.98. The first-order valence-electron chi connectivity index (χ1n) is 15.6. The number of aromatic nitrogens is 3. The Bertz CT molecular complexity index is 1370. The van der Waals surface area contributed by atoms with Crippen molar-refractivity contribution < 1.29 is 14.1 Å². The third-order valence-corrected chi connectivity index (χ3v) is 10.3. The summed E-state index contributed by atoms with van der Waals surface area (Å²) in [5.41, 5.74) is 3.84. The van der Waals surface area contributed by atoms with Gasteiger partial charge in [0.05, 0.1) is 7.11 Å². The molecule has 0 atom stereocenters. The first-order chi connectivity index (χ1) is 19.8. The second-order valence-electron chi connectivity index (χ2n) is 13.2. The fourth-order valence-corrected chi connectivity index (χ4v) is 7.60. The summed E-state index contributed by atoms with van der Waals surface area (Å²) < 4.78 is 11.1. The third kappa shape index (κ3) is 5.40. The van der Waals surface area contributed by atoms with Crippen molar-refractivity contribution in [1.29, 1.82) is 0 Å². The number of anilines is 1. The number of pyridine rings is 1. The minimum Gasteiger partial charge on any atom is -0.496 e. The Morgan fingerprint density at radius 1 is 1.05 bits per heavy atom. The van der Waals surface area contributed by atoms with Crippen molar-refractivity contribution in [3.05, 3.63) is 53.5 Å². The number of carbonyl (C=O) groups is 1. The number of nitrogens with zero attached hydrogens (tertiary/aromatic N) is 4. The number of aryl methyl sites for hydroxylation is 1. The van der Waals surface area contributed by atoms with Crippen LogP contribution in [0.25, 0.3) is 11.5 Å². The Kier molecular flexibility index (Phi) is 7.64. The number of hydrogen-bond acceptors (Lipinski definition) is 6. The molecule has 7 rings (SSSR count). The molecular weight excluding hydrogens is 512 g/mol. The summed E-state index contributed by atoms with van der Waals surface area (Å²) in [7, 11) is 1.74. The van der Waals surface area contributed by atoms with Gasteiger partial charge in [-0.25, -0.2) is 4.98 Å². The summed E-state index contributed by atoms with van der Waals surface area (Å²) in [5.74, 6) is 3.34. The summed E-state index contributed by atoms with van der Waals surface area (Å²) >= 11 is 0. The second kappa shape index (κ2) is 11.2. The second-order valence-corrected chi connectivity index (χ2v) is 13.2. The predicted molar refractivity (Wildman–Crippen MR) is 160 cm³/mol. The number of hydrogen-bond donors (Lipinski definition) is 0. The van der Waals surface area contributed by atoms with E-state index in [1.807, 2.05) is 17.0 Å². The van der Waals surface area contributed by atoms with Crippen LogP contribution in [-0.4, -0.2) is 34.7 Å². The zero-order valence-electron chi connectivity index (χ0n) is 25.1. The molecule has 218 valence electrons. The summed E-state index contributed by atoms with van der Waals surface area (Å²) in [5, 5.41) is 4.15. The van der Waals surface area contributed by atoms with E-state index in [9.17, 15) is 4.79 Å². The normalized spacial score (nSPS) is 24.5. The van der Waals surface area contributed by atoms with E-state index in [2.05, 4.69) is 49.1 Å². The van der Waals surface area contributed by atoms with Crippen molar-refractivity contribution in [3.63, 3.8) is 0 Å². The minimum atomic E-state index is 0.0788. The maximum Gasteiger partial charge on any atom is 0.258 e. The summed E-state index contributed by atoms with van der Waals surface area (Å²) in [6, 6.07) is 10.6. The van der Waals surface area contributed by atoms with Crippen LogP contribution >= 0.6 is 0 Å². The highest BCUT2D eigenvalue weighted by atomic mass is 16.5. The molecule has 1 amide bonds. The number of ether oxygens (including phenoxy) is 1. The van der Waals surface area contributed by atoms with Crippen LogP contribution in [0.5, 0.6) is 5.75 Å². The molecule has 3 aromatic rings. The first-order valence-corrected chi connectivity index (χ1v) is 15.6. The fourth-order valence-electron chi connectivity index (χ4n) is 7.60. The first kappa shape index (κ1) is 27.9. The van der Waals surface area contributed by atoms with Gasteiger partial charge in [-0.15, -0.1) is 0 Å². The summed E-state index contributed by atoms with van der Waals surface area (Å²) in [6.07, 6.45) is 14.1. The summed E-state index contributed by atoms with van der Waals surface area (Å²) in [4.78, 5) is 25.6. The van der Waals surface area contributed by atoms with Gasteiger partial charge in [-0.3, -0.25) is 9.69 Å². The van der Waals surface area contributed by atoms with Gasteiger partial charge in [0.1, 0.15) is 11.6 Å². The van der Waals surface area contributed by atoms with Gasteiger partial charge in [0, 0.05) is 30.1 Å². The standard InChI is InChI=1S/C34H44N4O3/c1-23(2)30-36-31(41-37-30)26-12-19-35-29(21-26)38(32(39)25-8-6-5-7-9-25)22-33-13-16-34(17-14-33,18-15-33)27-10-11-28(40-4)24(3)20-27/h10-12,19-21,23,25H,5-9,13-18,22H2,1-4H3. The SMILES string of the molecule is COc1ccc(C23CCC(CN(C(=O)C4CCCCC4)c4cc(-c5nc(C(C)C)no5)ccn4)(CC2)CC3)cc1C. The van der Waals surface area contributed by atoms with Gasteiger partial charge in [-0.05, 0) is 98.4 Å². The minimum absolute atomic E-state index is 0.0788. The van der Waals surface area contributed by atoms with E-state index < -0.39 is 0 Å². The molecule has 0 saturated heterocycles. The molecule has 1 aromatic carbocycles. The molecule has 4 saturated carbocycles. The lowest BCUT2D eigenvalue weighted by Crippen LogP contribution is -2.51. The highest BCUT2D eigenvalue weighted by molar-refractivity contribution is 5.94. The number of fused-ring (bicyclic) bond motifs is 3. The van der Waals surface area contributed by atoms with Gasteiger partial charge in [0.25, 0.3) is 5.89 Å². The average Bonchev–Trinajstić information content (AvgIpc) is 3.52. The van der Waals surface area contributed by atoms with Gasteiger partial charge in [0.15, 0.2) is 5.82 Å². The molecule has 4 fully saturated rings. The fraction of sp³-hybridized carbons (Fsp3) is 0.588. The Morgan fingerprint density at radius 2 is 1.78 bits per heavy atom.